The van der Waals surface area contributed by atoms with Gasteiger partial charge < -0.3 is 23.8 Å². The van der Waals surface area contributed by atoms with Crippen LogP contribution in [0.25, 0.3) is 0 Å². The molecule has 0 radical (unpaired) electrons. The van der Waals surface area contributed by atoms with Crippen LogP contribution >= 0.6 is 0 Å². The van der Waals surface area contributed by atoms with Gasteiger partial charge in [0, 0.05) is 18.9 Å². The lowest BCUT2D eigenvalue weighted by atomic mass is 9.38. The first-order valence-electron chi connectivity index (χ1n) is 22.7. The normalized spacial score (nSPS) is 32.8. The Balaban J connectivity index is 0.00000143. The van der Waals surface area contributed by atoms with Gasteiger partial charge in [-0.3, -0.25) is 4.79 Å². The van der Waals surface area contributed by atoms with Crippen LogP contribution < -0.4 is 0 Å². The number of nitrogens with zero attached hydrogens (tertiary/aromatic N) is 2. The lowest BCUT2D eigenvalue weighted by molar-refractivity contribution is -0.190. The largest absolute Gasteiger partial charge is 0.462 e. The fourth-order valence-corrected chi connectivity index (χ4v) is 12.1. The fraction of sp³-hybridized carbons (Fsp3) is 0.740. The number of benzene rings is 1. The first kappa shape index (κ1) is 49.2. The van der Waals surface area contributed by atoms with Gasteiger partial charge in [0.2, 0.25) is 11.8 Å². The van der Waals surface area contributed by atoms with Gasteiger partial charge in [0.15, 0.2) is 0 Å². The predicted molar refractivity (Wildman–Crippen MR) is 234 cm³/mol. The first-order chi connectivity index (χ1) is 27.5. The van der Waals surface area contributed by atoms with E-state index in [1.54, 1.807) is 13.8 Å². The van der Waals surface area contributed by atoms with Gasteiger partial charge in [-0.2, -0.15) is 0 Å². The Labute approximate surface area is 352 Å². The first-order valence-corrected chi connectivity index (χ1v) is 22.7. The molecule has 1 aromatic heterocycles. The molecule has 1 heterocycles. The van der Waals surface area contributed by atoms with Crippen LogP contribution in [-0.2, 0) is 24.5 Å². The van der Waals surface area contributed by atoms with Gasteiger partial charge in [0.25, 0.3) is 0 Å². The molecule has 10 unspecified atom stereocenters. The molecule has 0 spiro atoms. The van der Waals surface area contributed by atoms with Crippen molar-refractivity contribution >= 4 is 18.5 Å². The average molecular weight is 805 g/mol. The summed E-state index contributed by atoms with van der Waals surface area (Å²) in [6, 6.07) is 8.51. The summed E-state index contributed by atoms with van der Waals surface area (Å²) in [4.78, 5) is 37.1. The molecule has 1 N–H and O–H groups in total. The number of hydrogen-bond acceptors (Lipinski definition) is 8. The molecular weight excluding hydrogens is 725 g/mol. The number of aliphatic hydroxyl groups is 1. The number of hydrogen-bond donors (Lipinski definition) is 1. The zero-order valence-corrected chi connectivity index (χ0v) is 39.0. The summed E-state index contributed by atoms with van der Waals surface area (Å²) in [5.74, 6) is 3.49. The van der Waals surface area contributed by atoms with Crippen LogP contribution in [0.3, 0.4) is 0 Å². The van der Waals surface area contributed by atoms with Crippen molar-refractivity contribution in [1.29, 1.82) is 0 Å². The molecule has 0 bridgehead atoms. The number of carbonyl (C=O) groups is 3. The zero-order chi connectivity index (χ0) is 43.8. The minimum atomic E-state index is -0.703. The second-order valence-electron chi connectivity index (χ2n) is 19.0. The van der Waals surface area contributed by atoms with Crippen LogP contribution in [-0.4, -0.2) is 47.1 Å². The van der Waals surface area contributed by atoms with Gasteiger partial charge in [-0.15, -0.1) is 10.2 Å². The number of allylic oxidation sites excluding steroid dienone is 2. The van der Waals surface area contributed by atoms with Gasteiger partial charge in [-0.05, 0) is 124 Å². The van der Waals surface area contributed by atoms with Crippen LogP contribution in [0.15, 0.2) is 39.8 Å². The third-order valence-electron chi connectivity index (χ3n) is 15.2. The molecule has 1 aromatic carbocycles. The highest BCUT2D eigenvalue weighted by Crippen LogP contribution is 2.71. The molecule has 4 aliphatic carbocycles. The van der Waals surface area contributed by atoms with E-state index in [1.165, 1.54) is 16.7 Å². The SMILES string of the molecule is C/C(=C1/C2CCC3C(C)(CCC4C(C)C(OC(=O)CC(C)(C)C=O)CCC43C)C2CCC1(CC=O)c1nnc(C(C)c2ccc(C)cc2)o1)C(C)C.CC.CC.CO. The number of carbonyl (C=O) groups excluding carboxylic acids is 3. The molecule has 4 fully saturated rings. The maximum absolute atomic E-state index is 12.9. The molecule has 0 saturated heterocycles. The van der Waals surface area contributed by atoms with Crippen LogP contribution in [0.4, 0.5) is 0 Å². The van der Waals surface area contributed by atoms with E-state index in [0.717, 1.165) is 76.6 Å². The summed E-state index contributed by atoms with van der Waals surface area (Å²) in [7, 11) is 1.00. The number of rotatable bonds is 10. The maximum atomic E-state index is 12.9. The van der Waals surface area contributed by atoms with Crippen molar-refractivity contribution in [2.24, 2.45) is 51.8 Å². The highest BCUT2D eigenvalue weighted by molar-refractivity contribution is 5.75. The van der Waals surface area contributed by atoms with Crippen LogP contribution in [0.1, 0.15) is 183 Å². The van der Waals surface area contributed by atoms with Crippen LogP contribution in [0, 0.1) is 58.7 Å². The number of aryl methyl sites for hydroxylation is 1. The fourth-order valence-electron chi connectivity index (χ4n) is 12.1. The highest BCUT2D eigenvalue weighted by atomic mass is 16.5. The summed E-state index contributed by atoms with van der Waals surface area (Å²) in [6.45, 7) is 30.1. The number of esters is 1. The molecule has 0 aliphatic heterocycles. The van der Waals surface area contributed by atoms with Crippen molar-refractivity contribution < 1.29 is 28.6 Å². The monoisotopic (exact) mass is 805 g/mol. The summed E-state index contributed by atoms with van der Waals surface area (Å²) in [6.07, 6.45) is 10.7. The Morgan fingerprint density at radius 2 is 1.50 bits per heavy atom. The molecule has 10 atom stereocenters. The third-order valence-corrected chi connectivity index (χ3v) is 15.2. The molecule has 0 amide bonds. The summed E-state index contributed by atoms with van der Waals surface area (Å²) < 4.78 is 12.8. The van der Waals surface area contributed by atoms with E-state index in [0.29, 0.717) is 47.8 Å². The van der Waals surface area contributed by atoms with E-state index in [1.807, 2.05) is 27.7 Å². The standard InChI is InChI=1S/C45H64N2O5.2C2H6.CH4O/c1-27(2)29(4)39-33-15-16-37-43(9)21-19-36(51-38(50)25-42(7,8)26-49)31(6)34(43)17-20-44(37,10)35(33)18-22-45(39,23-24-48)41-47-46-40(52-41)30(5)32-13-11-28(3)12-14-32;3*1-2/h11-14,24,26-27,30-31,33-37H,15-23,25H2,1-10H3;2*1-2H3;2H,1H3/b39-29+;;;. The number of aliphatic hydroxyl groups excluding tert-OH is 1. The Hall–Kier alpha value is -3.13. The smallest absolute Gasteiger partial charge is 0.307 e. The molecule has 6 rings (SSSR count). The van der Waals surface area contributed by atoms with E-state index < -0.39 is 10.8 Å². The number of ether oxygens (including phenoxy) is 1. The maximum Gasteiger partial charge on any atom is 0.307 e. The Bertz CT molecular complexity index is 1680. The van der Waals surface area contributed by atoms with Crippen molar-refractivity contribution in [2.45, 2.75) is 179 Å². The van der Waals surface area contributed by atoms with Crippen molar-refractivity contribution in [3.05, 3.63) is 58.3 Å². The van der Waals surface area contributed by atoms with E-state index in [2.05, 4.69) is 84.8 Å². The van der Waals surface area contributed by atoms with Crippen LogP contribution in [0.2, 0.25) is 0 Å². The minimum Gasteiger partial charge on any atom is -0.462 e. The van der Waals surface area contributed by atoms with Gasteiger partial charge >= 0.3 is 5.97 Å². The topological polar surface area (TPSA) is 120 Å². The van der Waals surface area contributed by atoms with Gasteiger partial charge in [-0.1, -0.05) is 117 Å². The van der Waals surface area contributed by atoms with Gasteiger partial charge in [-0.25, -0.2) is 0 Å². The lowest BCUT2D eigenvalue weighted by Crippen LogP contribution is -2.61. The number of fused-ring (bicyclic) bond motifs is 5. The minimum absolute atomic E-state index is 0.0421. The number of aldehydes is 2. The lowest BCUT2D eigenvalue weighted by Gasteiger charge is -2.67. The predicted octanol–water partition coefficient (Wildman–Crippen LogP) is 11.8. The zero-order valence-electron chi connectivity index (χ0n) is 39.0. The van der Waals surface area contributed by atoms with Crippen molar-refractivity contribution in [3.63, 3.8) is 0 Å². The van der Waals surface area contributed by atoms with E-state index in [9.17, 15) is 14.4 Å². The van der Waals surface area contributed by atoms with E-state index in [4.69, 9.17) is 19.4 Å². The summed E-state index contributed by atoms with van der Waals surface area (Å²) in [5.41, 5.74) is 4.18. The molecule has 8 heteroatoms. The molecule has 8 nitrogen and oxygen atoms in total. The Morgan fingerprint density at radius 1 is 0.914 bits per heavy atom. The van der Waals surface area contributed by atoms with Crippen molar-refractivity contribution in [3.8, 4) is 0 Å². The highest BCUT2D eigenvalue weighted by Gasteiger charge is 2.64. The molecule has 4 aliphatic rings. The van der Waals surface area contributed by atoms with Gasteiger partial charge in [0.05, 0.1) is 17.8 Å². The third kappa shape index (κ3) is 9.42. The van der Waals surface area contributed by atoms with E-state index in [-0.39, 0.29) is 41.2 Å². The second-order valence-corrected chi connectivity index (χ2v) is 19.0. The van der Waals surface area contributed by atoms with Crippen molar-refractivity contribution in [2.75, 3.05) is 7.11 Å². The molecule has 4 saturated carbocycles. The van der Waals surface area contributed by atoms with E-state index >= 15 is 0 Å². The second kappa shape index (κ2) is 20.4. The van der Waals surface area contributed by atoms with Crippen molar-refractivity contribution in [1.82, 2.24) is 10.2 Å². The Morgan fingerprint density at radius 3 is 2.09 bits per heavy atom. The molecule has 58 heavy (non-hydrogen) atoms. The molecule has 326 valence electrons. The Kier molecular flexibility index (Phi) is 17.3. The number of aromatic nitrogens is 2. The summed E-state index contributed by atoms with van der Waals surface area (Å²) >= 11 is 0. The summed E-state index contributed by atoms with van der Waals surface area (Å²) in [5, 5.41) is 16.4. The average Bonchev–Trinajstić information content (AvgIpc) is 3.72. The quantitative estimate of drug-likeness (QED) is 0.143. The van der Waals surface area contributed by atoms with Crippen LogP contribution in [0.5, 0.6) is 0 Å². The molecular formula is C50H80N2O6. The van der Waals surface area contributed by atoms with Gasteiger partial charge in [0.1, 0.15) is 18.7 Å². The molecule has 2 aromatic rings.